The Morgan fingerprint density at radius 3 is 2.39 bits per heavy atom. The van der Waals surface area contributed by atoms with Crippen LogP contribution >= 0.6 is 0 Å². The van der Waals surface area contributed by atoms with E-state index >= 15 is 0 Å². The second-order valence-electron chi connectivity index (χ2n) is 8.51. The zero-order valence-electron chi connectivity index (χ0n) is 20.1. The summed E-state index contributed by atoms with van der Waals surface area (Å²) in [6.07, 6.45) is 4.33. The number of allylic oxidation sites excluding steroid dienone is 2. The fourth-order valence-corrected chi connectivity index (χ4v) is 4.14. The molecule has 188 valence electrons. The van der Waals surface area contributed by atoms with Gasteiger partial charge in [-0.1, -0.05) is 48.6 Å². The molecule has 0 spiro atoms. The molecule has 0 bridgehead atoms. The van der Waals surface area contributed by atoms with Gasteiger partial charge in [-0.05, 0) is 55.3 Å². The van der Waals surface area contributed by atoms with Gasteiger partial charge in [-0.25, -0.2) is 0 Å². The van der Waals surface area contributed by atoms with E-state index in [-0.39, 0.29) is 24.7 Å². The molecule has 0 amide bonds. The number of phenols is 1. The highest BCUT2D eigenvalue weighted by atomic mass is 16.9. The number of aromatic hydroxyl groups is 1. The van der Waals surface area contributed by atoms with E-state index in [4.69, 9.17) is 24.1 Å². The number of rotatable bonds is 10. The fraction of sp³-hybridized carbons (Fsp3) is 0.276. The highest BCUT2D eigenvalue weighted by molar-refractivity contribution is 5.66. The molecule has 1 saturated heterocycles. The first-order valence-electron chi connectivity index (χ1n) is 11.9. The number of hydrogen-bond acceptors (Lipinski definition) is 6. The van der Waals surface area contributed by atoms with E-state index in [0.717, 1.165) is 0 Å². The van der Waals surface area contributed by atoms with E-state index in [1.54, 1.807) is 43.5 Å². The van der Waals surface area contributed by atoms with E-state index in [9.17, 15) is 9.90 Å². The molecule has 0 aromatic heterocycles. The molecule has 0 radical (unpaired) electrons. The van der Waals surface area contributed by atoms with Crippen molar-refractivity contribution >= 4 is 5.97 Å². The van der Waals surface area contributed by atoms with Crippen molar-refractivity contribution in [2.24, 2.45) is 5.92 Å². The summed E-state index contributed by atoms with van der Waals surface area (Å²) in [5.41, 5.74) is 1.31. The van der Waals surface area contributed by atoms with Crippen molar-refractivity contribution in [2.75, 3.05) is 13.7 Å². The molecular weight excluding hydrogens is 460 g/mol. The van der Waals surface area contributed by atoms with Crippen LogP contribution in [0.3, 0.4) is 0 Å². The Bertz CT molecular complexity index is 1160. The number of para-hydroxylation sites is 1. The predicted octanol–water partition coefficient (Wildman–Crippen LogP) is 5.81. The smallest absolute Gasteiger partial charge is 0.357 e. The van der Waals surface area contributed by atoms with Crippen molar-refractivity contribution in [3.63, 3.8) is 0 Å². The highest BCUT2D eigenvalue weighted by Gasteiger charge is 2.48. The number of aliphatic carboxylic acids is 1. The van der Waals surface area contributed by atoms with E-state index in [1.165, 1.54) is 0 Å². The molecule has 1 aliphatic heterocycles. The summed E-state index contributed by atoms with van der Waals surface area (Å²) in [5.74, 6) is -1.18. The number of methoxy groups -OCH3 is 1. The van der Waals surface area contributed by atoms with Crippen LogP contribution in [0.2, 0.25) is 0 Å². The van der Waals surface area contributed by atoms with E-state index in [2.05, 4.69) is 0 Å². The third-order valence-electron chi connectivity index (χ3n) is 6.01. The lowest BCUT2D eigenvalue weighted by Gasteiger charge is -2.44. The maximum absolute atomic E-state index is 10.8. The zero-order valence-corrected chi connectivity index (χ0v) is 20.1. The maximum atomic E-state index is 10.8. The van der Waals surface area contributed by atoms with Gasteiger partial charge in [0, 0.05) is 17.9 Å². The first-order chi connectivity index (χ1) is 17.5. The molecule has 7 heteroatoms. The molecule has 2 N–H and O–H groups in total. The van der Waals surface area contributed by atoms with Crippen LogP contribution in [-0.4, -0.2) is 29.9 Å². The Morgan fingerprint density at radius 2 is 1.69 bits per heavy atom. The summed E-state index contributed by atoms with van der Waals surface area (Å²) in [6, 6.07) is 23.6. The monoisotopic (exact) mass is 490 g/mol. The van der Waals surface area contributed by atoms with Crippen molar-refractivity contribution in [1.29, 1.82) is 0 Å². The van der Waals surface area contributed by atoms with Crippen molar-refractivity contribution in [3.8, 4) is 17.2 Å². The Hall–Kier alpha value is -3.81. The van der Waals surface area contributed by atoms with Crippen LogP contribution in [-0.2, 0) is 20.2 Å². The molecule has 1 unspecified atom stereocenters. The molecule has 1 fully saturated rings. The van der Waals surface area contributed by atoms with Crippen LogP contribution in [0.15, 0.2) is 91.0 Å². The standard InChI is InChI=1S/C29H30O7/c1-33-23-16-18-24(19-17-23)35-29(22-11-5-3-6-12-22)34-20-21(10-4-2-7-15-27(31)32)28(36-29)25-13-8-9-14-26(25)30/h2-6,8-9,11-14,16-19,21,28,30H,7,10,15,20H2,1H3,(H,31,32)/b4-2-/t21?,28-,29-/m0/s1. The van der Waals surface area contributed by atoms with E-state index in [1.807, 2.05) is 54.6 Å². The number of hydrogen-bond donors (Lipinski definition) is 2. The van der Waals surface area contributed by atoms with E-state index in [0.29, 0.717) is 35.5 Å². The van der Waals surface area contributed by atoms with Crippen molar-refractivity contribution in [2.45, 2.75) is 31.3 Å². The molecule has 1 aliphatic rings. The fourth-order valence-electron chi connectivity index (χ4n) is 4.14. The lowest BCUT2D eigenvalue weighted by atomic mass is 9.91. The Kier molecular flexibility index (Phi) is 8.25. The van der Waals surface area contributed by atoms with Gasteiger partial charge in [0.1, 0.15) is 17.2 Å². The third kappa shape index (κ3) is 6.05. The predicted molar refractivity (Wildman–Crippen MR) is 134 cm³/mol. The van der Waals surface area contributed by atoms with Gasteiger partial charge in [0.15, 0.2) is 0 Å². The number of phenolic OH excluding ortho intramolecular Hbond substituents is 1. The van der Waals surface area contributed by atoms with Crippen molar-refractivity contribution in [3.05, 3.63) is 102 Å². The molecule has 4 rings (SSSR count). The van der Waals surface area contributed by atoms with Crippen LogP contribution in [0.25, 0.3) is 0 Å². The van der Waals surface area contributed by atoms with Crippen molar-refractivity contribution < 1.29 is 34.0 Å². The molecule has 0 saturated carbocycles. The summed E-state index contributed by atoms with van der Waals surface area (Å²) < 4.78 is 24.6. The van der Waals surface area contributed by atoms with Crippen LogP contribution in [0.1, 0.15) is 36.5 Å². The zero-order chi connectivity index (χ0) is 25.4. The lowest BCUT2D eigenvalue weighted by Crippen LogP contribution is -2.47. The molecule has 36 heavy (non-hydrogen) atoms. The quantitative estimate of drug-likeness (QED) is 0.347. The van der Waals surface area contributed by atoms with Gasteiger partial charge in [-0.3, -0.25) is 4.79 Å². The van der Waals surface area contributed by atoms with Gasteiger partial charge >= 0.3 is 11.9 Å². The summed E-state index contributed by atoms with van der Waals surface area (Å²) in [6.45, 7) is 0.285. The first-order valence-corrected chi connectivity index (χ1v) is 11.9. The molecule has 3 atom stereocenters. The summed E-state index contributed by atoms with van der Waals surface area (Å²) in [4.78, 5) is 10.8. The minimum absolute atomic E-state index is 0.0733. The second-order valence-corrected chi connectivity index (χ2v) is 8.51. The van der Waals surface area contributed by atoms with Gasteiger partial charge in [0.25, 0.3) is 0 Å². The summed E-state index contributed by atoms with van der Waals surface area (Å²) in [7, 11) is 1.60. The third-order valence-corrected chi connectivity index (χ3v) is 6.01. The Morgan fingerprint density at radius 1 is 1.00 bits per heavy atom. The molecular formula is C29H30O7. The molecule has 1 heterocycles. The number of carboxylic acid groups (broad SMARTS) is 1. The second kappa shape index (κ2) is 11.7. The van der Waals surface area contributed by atoms with Crippen LogP contribution in [0.5, 0.6) is 17.2 Å². The summed E-state index contributed by atoms with van der Waals surface area (Å²) in [5, 5.41) is 19.6. The van der Waals surface area contributed by atoms with Crippen LogP contribution < -0.4 is 9.47 Å². The number of carbonyl (C=O) groups is 1. The SMILES string of the molecule is COc1ccc(O[C@]2(c3ccccc3)OCC(C/C=C\CCC(=O)O)[C@@H](c3ccccc3O)O2)cc1. The highest BCUT2D eigenvalue weighted by Crippen LogP contribution is 2.46. The van der Waals surface area contributed by atoms with Crippen LogP contribution in [0, 0.1) is 5.92 Å². The molecule has 3 aromatic carbocycles. The van der Waals surface area contributed by atoms with Crippen LogP contribution in [0.4, 0.5) is 0 Å². The van der Waals surface area contributed by atoms with Gasteiger partial charge in [0.05, 0.1) is 25.4 Å². The topological polar surface area (TPSA) is 94.5 Å². The number of ether oxygens (including phenoxy) is 4. The number of benzene rings is 3. The average molecular weight is 491 g/mol. The maximum Gasteiger partial charge on any atom is 0.357 e. The van der Waals surface area contributed by atoms with Gasteiger partial charge in [-0.2, -0.15) is 0 Å². The average Bonchev–Trinajstić information content (AvgIpc) is 2.90. The van der Waals surface area contributed by atoms with Crippen molar-refractivity contribution in [1.82, 2.24) is 0 Å². The largest absolute Gasteiger partial charge is 0.508 e. The Balaban J connectivity index is 1.66. The van der Waals surface area contributed by atoms with E-state index < -0.39 is 18.0 Å². The molecule has 0 aliphatic carbocycles. The molecule has 3 aromatic rings. The Labute approximate surface area is 210 Å². The van der Waals surface area contributed by atoms with Gasteiger partial charge in [-0.15, -0.1) is 0 Å². The lowest BCUT2D eigenvalue weighted by molar-refractivity contribution is -0.410. The minimum Gasteiger partial charge on any atom is -0.508 e. The van der Waals surface area contributed by atoms with Gasteiger partial charge < -0.3 is 29.2 Å². The molecule has 7 nitrogen and oxygen atoms in total. The minimum atomic E-state index is -1.55. The summed E-state index contributed by atoms with van der Waals surface area (Å²) >= 11 is 0. The van der Waals surface area contributed by atoms with Gasteiger partial charge in [0.2, 0.25) is 0 Å². The normalized spacial score (nSPS) is 21.8. The number of carboxylic acids is 1. The first kappa shape index (κ1) is 25.3.